The van der Waals surface area contributed by atoms with Gasteiger partial charge in [0, 0.05) is 0 Å². The predicted molar refractivity (Wildman–Crippen MR) is 125 cm³/mol. The average molecular weight is 407 g/mol. The lowest BCUT2D eigenvalue weighted by molar-refractivity contribution is 0.286. The highest BCUT2D eigenvalue weighted by Gasteiger charge is 2.18. The van der Waals surface area contributed by atoms with E-state index in [0.29, 0.717) is 0 Å². The van der Waals surface area contributed by atoms with E-state index in [1.54, 1.807) is 0 Å². The van der Waals surface area contributed by atoms with Crippen molar-refractivity contribution in [3.63, 3.8) is 0 Å². The second-order valence-electron chi connectivity index (χ2n) is 10.3. The molecule has 4 nitrogen and oxygen atoms in total. The van der Waals surface area contributed by atoms with Gasteiger partial charge in [0.1, 0.15) is 0 Å². The fraction of sp³-hybridized carbons (Fsp3) is 1.00. The summed E-state index contributed by atoms with van der Waals surface area (Å²) >= 11 is 0. The van der Waals surface area contributed by atoms with E-state index in [0.717, 1.165) is 23.7 Å². The van der Waals surface area contributed by atoms with Crippen molar-refractivity contribution in [1.82, 2.24) is 21.3 Å². The first kappa shape index (κ1) is 23.5. The number of rotatable bonds is 7. The van der Waals surface area contributed by atoms with Crippen LogP contribution in [0.25, 0.3) is 0 Å². The molecule has 4 fully saturated rings. The third-order valence-corrected chi connectivity index (χ3v) is 8.04. The molecule has 0 spiro atoms. The van der Waals surface area contributed by atoms with E-state index >= 15 is 0 Å². The number of hydrogen-bond acceptors (Lipinski definition) is 4. The van der Waals surface area contributed by atoms with Gasteiger partial charge in [-0.15, -0.1) is 0 Å². The summed E-state index contributed by atoms with van der Waals surface area (Å²) in [5.41, 5.74) is 0. The molecule has 0 aromatic carbocycles. The first-order valence-electron chi connectivity index (χ1n) is 13.2. The van der Waals surface area contributed by atoms with Crippen molar-refractivity contribution in [1.29, 1.82) is 0 Å². The van der Waals surface area contributed by atoms with E-state index in [9.17, 15) is 0 Å². The third kappa shape index (κ3) is 10.1. The number of nitrogens with one attached hydrogen (secondary N) is 4. The molecule has 0 aromatic heterocycles. The maximum atomic E-state index is 3.45. The summed E-state index contributed by atoms with van der Waals surface area (Å²) in [5.74, 6) is 4.14. The average Bonchev–Trinajstić information content (AvgIpc) is 2.81. The first-order chi connectivity index (χ1) is 14.4. The Labute approximate surface area is 181 Å². The Morgan fingerprint density at radius 1 is 0.345 bits per heavy atom. The molecule has 4 heterocycles. The minimum absolute atomic E-state index is 1.03. The largest absolute Gasteiger partial charge is 0.317 e. The molecule has 0 atom stereocenters. The quantitative estimate of drug-likeness (QED) is 0.517. The summed E-state index contributed by atoms with van der Waals surface area (Å²) < 4.78 is 0. The van der Waals surface area contributed by atoms with Crippen LogP contribution in [0.3, 0.4) is 0 Å². The zero-order valence-corrected chi connectivity index (χ0v) is 19.2. The Kier molecular flexibility index (Phi) is 12.0. The van der Waals surface area contributed by atoms with Crippen LogP contribution in [0.2, 0.25) is 0 Å². The van der Waals surface area contributed by atoms with Crippen molar-refractivity contribution >= 4 is 0 Å². The molecule has 170 valence electrons. The van der Waals surface area contributed by atoms with Crippen LogP contribution >= 0.6 is 0 Å². The Balaban J connectivity index is 0.000000166. The van der Waals surface area contributed by atoms with Gasteiger partial charge >= 0.3 is 0 Å². The van der Waals surface area contributed by atoms with E-state index in [-0.39, 0.29) is 0 Å². The number of piperidine rings is 4. The number of hydrogen-bond donors (Lipinski definition) is 4. The normalized spacial score (nSPS) is 26.1. The van der Waals surface area contributed by atoms with Gasteiger partial charge in [-0.2, -0.15) is 0 Å². The summed E-state index contributed by atoms with van der Waals surface area (Å²) in [4.78, 5) is 0. The van der Waals surface area contributed by atoms with Gasteiger partial charge in [-0.25, -0.2) is 0 Å². The summed E-state index contributed by atoms with van der Waals surface area (Å²) in [6.45, 7) is 10.1. The second kappa shape index (κ2) is 14.8. The highest BCUT2D eigenvalue weighted by atomic mass is 14.9. The molecule has 0 unspecified atom stereocenters. The lowest BCUT2D eigenvalue weighted by Gasteiger charge is -2.27. The fourth-order valence-electron chi connectivity index (χ4n) is 5.85. The molecule has 0 bridgehead atoms. The predicted octanol–water partition coefficient (Wildman–Crippen LogP) is 3.92. The van der Waals surface area contributed by atoms with Gasteiger partial charge in [-0.1, -0.05) is 32.1 Å². The second-order valence-corrected chi connectivity index (χ2v) is 10.3. The SMILES string of the molecule is C(CC1CCNCC1)CC1CCNCC1.C1CC(CCC2CCNCC2)CCN1. The Bertz CT molecular complexity index is 342. The van der Waals surface area contributed by atoms with Gasteiger partial charge in [0.05, 0.1) is 0 Å². The van der Waals surface area contributed by atoms with Gasteiger partial charge in [-0.05, 0) is 127 Å². The zero-order valence-electron chi connectivity index (χ0n) is 19.2. The lowest BCUT2D eigenvalue weighted by atomic mass is 9.86. The summed E-state index contributed by atoms with van der Waals surface area (Å²) in [6, 6.07) is 0. The third-order valence-electron chi connectivity index (χ3n) is 8.04. The fourth-order valence-corrected chi connectivity index (χ4v) is 5.85. The molecule has 4 aliphatic rings. The van der Waals surface area contributed by atoms with Crippen LogP contribution in [0.4, 0.5) is 0 Å². The van der Waals surface area contributed by atoms with E-state index in [4.69, 9.17) is 0 Å². The molecular formula is C25H50N4. The van der Waals surface area contributed by atoms with Crippen molar-refractivity contribution in [2.24, 2.45) is 23.7 Å². The van der Waals surface area contributed by atoms with Gasteiger partial charge in [-0.3, -0.25) is 0 Å². The van der Waals surface area contributed by atoms with E-state index in [1.165, 1.54) is 136 Å². The summed E-state index contributed by atoms with van der Waals surface area (Å²) in [6.07, 6.45) is 18.8. The van der Waals surface area contributed by atoms with Crippen molar-refractivity contribution < 1.29 is 0 Å². The lowest BCUT2D eigenvalue weighted by Crippen LogP contribution is -2.30. The summed E-state index contributed by atoms with van der Waals surface area (Å²) in [5, 5.41) is 13.8. The van der Waals surface area contributed by atoms with Crippen molar-refractivity contribution in [2.75, 3.05) is 52.4 Å². The molecule has 0 radical (unpaired) electrons. The zero-order chi connectivity index (χ0) is 20.0. The van der Waals surface area contributed by atoms with Crippen molar-refractivity contribution in [3.8, 4) is 0 Å². The van der Waals surface area contributed by atoms with Gasteiger partial charge in [0.2, 0.25) is 0 Å². The van der Waals surface area contributed by atoms with E-state index in [2.05, 4.69) is 21.3 Å². The van der Waals surface area contributed by atoms with Gasteiger partial charge < -0.3 is 21.3 Å². The van der Waals surface area contributed by atoms with Crippen LogP contribution in [0.1, 0.15) is 83.5 Å². The molecule has 0 aliphatic carbocycles. The highest BCUT2D eigenvalue weighted by Crippen LogP contribution is 2.25. The highest BCUT2D eigenvalue weighted by molar-refractivity contribution is 4.74. The molecule has 0 saturated carbocycles. The van der Waals surface area contributed by atoms with E-state index < -0.39 is 0 Å². The minimum Gasteiger partial charge on any atom is -0.317 e. The Morgan fingerprint density at radius 2 is 0.586 bits per heavy atom. The molecule has 4 N–H and O–H groups in total. The first-order valence-corrected chi connectivity index (χ1v) is 13.2. The maximum Gasteiger partial charge on any atom is -0.00463 e. The molecule has 4 aliphatic heterocycles. The molecular weight excluding hydrogens is 356 g/mol. The minimum atomic E-state index is 1.03. The van der Waals surface area contributed by atoms with Crippen LogP contribution in [0, 0.1) is 23.7 Å². The standard InChI is InChI=1S/C13H26N2.C12H24N2/c1(2-12-4-8-14-9-5-12)3-13-6-10-15-11-7-13;1(11-3-7-13-8-4-11)2-12-5-9-14-10-6-12/h12-15H,1-11H2;11-14H,1-10H2. The smallest absolute Gasteiger partial charge is 0.00463 e. The van der Waals surface area contributed by atoms with Crippen molar-refractivity contribution in [3.05, 3.63) is 0 Å². The van der Waals surface area contributed by atoms with Gasteiger partial charge in [0.25, 0.3) is 0 Å². The maximum absolute atomic E-state index is 3.45. The molecule has 0 aromatic rings. The molecule has 4 heteroatoms. The Morgan fingerprint density at radius 3 is 0.862 bits per heavy atom. The topological polar surface area (TPSA) is 48.1 Å². The van der Waals surface area contributed by atoms with Crippen LogP contribution in [-0.4, -0.2) is 52.4 Å². The monoisotopic (exact) mass is 406 g/mol. The van der Waals surface area contributed by atoms with Crippen LogP contribution in [0.5, 0.6) is 0 Å². The van der Waals surface area contributed by atoms with Crippen LogP contribution in [-0.2, 0) is 0 Å². The molecule has 4 saturated heterocycles. The van der Waals surface area contributed by atoms with Crippen LogP contribution in [0.15, 0.2) is 0 Å². The van der Waals surface area contributed by atoms with Crippen LogP contribution < -0.4 is 21.3 Å². The van der Waals surface area contributed by atoms with Crippen molar-refractivity contribution in [2.45, 2.75) is 83.5 Å². The molecule has 4 rings (SSSR count). The summed E-state index contributed by atoms with van der Waals surface area (Å²) in [7, 11) is 0. The van der Waals surface area contributed by atoms with Gasteiger partial charge in [0.15, 0.2) is 0 Å². The molecule has 0 amide bonds. The Hall–Kier alpha value is -0.160. The molecule has 29 heavy (non-hydrogen) atoms. The van der Waals surface area contributed by atoms with E-state index in [1.807, 2.05) is 0 Å².